The molecule has 0 bridgehead atoms. The Morgan fingerprint density at radius 1 is 0.818 bits per heavy atom. The molecule has 1 heterocycles. The second-order valence-electron chi connectivity index (χ2n) is 7.05. The second kappa shape index (κ2) is 7.91. The molecule has 11 heteroatoms. The molecule has 0 aliphatic carbocycles. The summed E-state index contributed by atoms with van der Waals surface area (Å²) in [7, 11) is 0. The lowest BCUT2D eigenvalue weighted by atomic mass is 10.0. The number of H-pyrrole nitrogens is 1. The van der Waals surface area contributed by atoms with Gasteiger partial charge in [0.2, 0.25) is 0 Å². The Labute approximate surface area is 181 Å². The van der Waals surface area contributed by atoms with Crippen LogP contribution in [0, 0.1) is 5.82 Å². The van der Waals surface area contributed by atoms with E-state index in [1.54, 1.807) is 6.07 Å². The maximum atomic E-state index is 13.2. The number of benzene rings is 3. The molecule has 4 aromatic rings. The molecule has 0 aliphatic rings. The summed E-state index contributed by atoms with van der Waals surface area (Å²) in [5, 5.41) is 9.83. The first-order valence-electron chi connectivity index (χ1n) is 9.27. The third-order valence-electron chi connectivity index (χ3n) is 4.83. The molecule has 4 rings (SSSR count). The van der Waals surface area contributed by atoms with Gasteiger partial charge in [-0.1, -0.05) is 0 Å². The van der Waals surface area contributed by atoms with E-state index in [1.165, 1.54) is 36.4 Å². The van der Waals surface area contributed by atoms with Crippen LogP contribution in [0.2, 0.25) is 0 Å². The minimum absolute atomic E-state index is 0.165. The molecule has 0 unspecified atom stereocenters. The van der Waals surface area contributed by atoms with E-state index >= 15 is 0 Å². The van der Waals surface area contributed by atoms with Gasteiger partial charge in [-0.15, -0.1) is 0 Å². The van der Waals surface area contributed by atoms with Crippen LogP contribution in [0.25, 0.3) is 22.2 Å². The third kappa shape index (κ3) is 4.52. The predicted molar refractivity (Wildman–Crippen MR) is 106 cm³/mol. The van der Waals surface area contributed by atoms with Gasteiger partial charge >= 0.3 is 12.4 Å². The van der Waals surface area contributed by atoms with E-state index in [9.17, 15) is 35.5 Å². The van der Waals surface area contributed by atoms with Crippen LogP contribution in [0.1, 0.15) is 21.5 Å². The average Bonchev–Trinajstić information content (AvgIpc) is 3.16. The third-order valence-corrected chi connectivity index (χ3v) is 4.83. The number of fused-ring (bicyclic) bond motifs is 1. The maximum absolute atomic E-state index is 13.2. The number of halogens is 7. The number of anilines is 1. The fourth-order valence-corrected chi connectivity index (χ4v) is 3.29. The summed E-state index contributed by atoms with van der Waals surface area (Å²) >= 11 is 0. The van der Waals surface area contributed by atoms with E-state index in [4.69, 9.17) is 0 Å². The van der Waals surface area contributed by atoms with Crippen LogP contribution in [0.15, 0.2) is 60.7 Å². The van der Waals surface area contributed by atoms with Gasteiger partial charge in [0.25, 0.3) is 5.91 Å². The van der Waals surface area contributed by atoms with Crippen molar-refractivity contribution in [1.82, 2.24) is 10.2 Å². The molecule has 0 aliphatic heterocycles. The Morgan fingerprint density at radius 3 is 2.12 bits per heavy atom. The number of hydrogen-bond acceptors (Lipinski definition) is 2. The molecular formula is C22H12F7N3O. The van der Waals surface area contributed by atoms with Gasteiger partial charge in [0, 0.05) is 22.2 Å². The number of nitrogens with one attached hydrogen (secondary N) is 2. The summed E-state index contributed by atoms with van der Waals surface area (Å²) in [6, 6.07) is 11.0. The highest BCUT2D eigenvalue weighted by Crippen LogP contribution is 2.40. The molecule has 0 atom stereocenters. The molecule has 1 aromatic heterocycles. The number of carbonyl (C=O) groups excluding carboxylic acids is 1. The Balaban J connectivity index is 1.67. The van der Waals surface area contributed by atoms with Crippen molar-refractivity contribution in [2.45, 2.75) is 12.4 Å². The van der Waals surface area contributed by atoms with Crippen LogP contribution < -0.4 is 5.32 Å². The molecule has 0 radical (unpaired) electrons. The minimum Gasteiger partial charge on any atom is -0.322 e. The van der Waals surface area contributed by atoms with E-state index in [0.717, 1.165) is 0 Å². The van der Waals surface area contributed by atoms with E-state index in [0.29, 0.717) is 28.2 Å². The maximum Gasteiger partial charge on any atom is 0.417 e. The number of hydrogen-bond donors (Lipinski definition) is 2. The molecule has 2 N–H and O–H groups in total. The van der Waals surface area contributed by atoms with Crippen LogP contribution in [0.5, 0.6) is 0 Å². The highest BCUT2D eigenvalue weighted by Gasteiger charge is 2.43. The largest absolute Gasteiger partial charge is 0.417 e. The molecule has 3 aromatic carbocycles. The van der Waals surface area contributed by atoms with E-state index in [2.05, 4.69) is 15.5 Å². The monoisotopic (exact) mass is 467 g/mol. The van der Waals surface area contributed by atoms with E-state index < -0.39 is 40.8 Å². The van der Waals surface area contributed by atoms with Gasteiger partial charge in [-0.25, -0.2) is 4.39 Å². The number of carbonyl (C=O) groups is 1. The van der Waals surface area contributed by atoms with Gasteiger partial charge in [0.15, 0.2) is 0 Å². The van der Waals surface area contributed by atoms with Crippen LogP contribution in [-0.2, 0) is 12.4 Å². The van der Waals surface area contributed by atoms with Gasteiger partial charge in [-0.2, -0.15) is 31.4 Å². The Morgan fingerprint density at radius 2 is 1.48 bits per heavy atom. The zero-order valence-corrected chi connectivity index (χ0v) is 16.3. The quantitative estimate of drug-likeness (QED) is 0.331. The van der Waals surface area contributed by atoms with Crippen molar-refractivity contribution < 1.29 is 35.5 Å². The smallest absolute Gasteiger partial charge is 0.322 e. The summed E-state index contributed by atoms with van der Waals surface area (Å²) in [5.74, 6) is -1.47. The summed E-state index contributed by atoms with van der Waals surface area (Å²) in [5.41, 5.74) is -2.67. The number of aromatic amines is 1. The number of alkyl halides is 6. The first kappa shape index (κ1) is 22.3. The SMILES string of the molecule is O=C(Nc1ccc2[nH]nc(-c3ccc(F)cc3)c2c1)c1ccc(C(F)(F)F)c(C(F)(F)F)c1. The second-order valence-corrected chi connectivity index (χ2v) is 7.05. The lowest BCUT2D eigenvalue weighted by molar-refractivity contribution is -0.162. The van der Waals surface area contributed by atoms with Crippen LogP contribution >= 0.6 is 0 Å². The zero-order chi connectivity index (χ0) is 24.0. The molecule has 0 saturated carbocycles. The van der Waals surface area contributed by atoms with Gasteiger partial charge in [-0.3, -0.25) is 9.89 Å². The topological polar surface area (TPSA) is 57.8 Å². The van der Waals surface area contributed by atoms with Crippen molar-refractivity contribution in [3.8, 4) is 11.3 Å². The molecular weight excluding hydrogens is 455 g/mol. The minimum atomic E-state index is -5.30. The normalized spacial score (nSPS) is 12.2. The van der Waals surface area contributed by atoms with Crippen LogP contribution in [0.4, 0.5) is 36.4 Å². The summed E-state index contributed by atoms with van der Waals surface area (Å²) in [6.45, 7) is 0. The number of amides is 1. The standard InChI is InChI=1S/C22H12F7N3O/c23-13-4-1-11(2-5-13)19-15-10-14(6-8-18(15)31-32-19)30-20(33)12-3-7-16(21(24,25)26)17(9-12)22(27,28)29/h1-10H,(H,30,33)(H,31,32). The van der Waals surface area contributed by atoms with Gasteiger partial charge in [0.05, 0.1) is 22.3 Å². The van der Waals surface area contributed by atoms with Gasteiger partial charge < -0.3 is 5.32 Å². The Hall–Kier alpha value is -3.89. The Bertz CT molecular complexity index is 1340. The van der Waals surface area contributed by atoms with Crippen molar-refractivity contribution in [3.05, 3.63) is 83.2 Å². The van der Waals surface area contributed by atoms with Gasteiger partial charge in [0.1, 0.15) is 5.82 Å². The summed E-state index contributed by atoms with van der Waals surface area (Å²) < 4.78 is 91.5. The summed E-state index contributed by atoms with van der Waals surface area (Å²) in [6.07, 6.45) is -10.5. The van der Waals surface area contributed by atoms with E-state index in [-0.39, 0.29) is 17.8 Å². The number of rotatable bonds is 3. The van der Waals surface area contributed by atoms with Crippen molar-refractivity contribution in [3.63, 3.8) is 0 Å². The van der Waals surface area contributed by atoms with Crippen LogP contribution in [0.3, 0.4) is 0 Å². The number of nitrogens with zero attached hydrogens (tertiary/aromatic N) is 1. The molecule has 170 valence electrons. The molecule has 33 heavy (non-hydrogen) atoms. The molecule has 0 spiro atoms. The lowest BCUT2D eigenvalue weighted by Gasteiger charge is -2.16. The van der Waals surface area contributed by atoms with Crippen molar-refractivity contribution in [2.24, 2.45) is 0 Å². The van der Waals surface area contributed by atoms with Crippen molar-refractivity contribution in [2.75, 3.05) is 5.32 Å². The number of aromatic nitrogens is 2. The summed E-state index contributed by atoms with van der Waals surface area (Å²) in [4.78, 5) is 12.5. The first-order chi connectivity index (χ1) is 15.4. The fraction of sp³-hybridized carbons (Fsp3) is 0.0909. The first-order valence-corrected chi connectivity index (χ1v) is 9.27. The lowest BCUT2D eigenvalue weighted by Crippen LogP contribution is -2.19. The molecule has 0 saturated heterocycles. The average molecular weight is 467 g/mol. The van der Waals surface area contributed by atoms with Crippen LogP contribution in [-0.4, -0.2) is 16.1 Å². The fourth-order valence-electron chi connectivity index (χ4n) is 3.29. The molecule has 0 fully saturated rings. The highest BCUT2D eigenvalue weighted by atomic mass is 19.4. The Kier molecular flexibility index (Phi) is 5.35. The molecule has 1 amide bonds. The van der Waals surface area contributed by atoms with Gasteiger partial charge in [-0.05, 0) is 60.7 Å². The zero-order valence-electron chi connectivity index (χ0n) is 16.3. The van der Waals surface area contributed by atoms with E-state index in [1.807, 2.05) is 0 Å². The van der Waals surface area contributed by atoms with Crippen molar-refractivity contribution >= 4 is 22.5 Å². The van der Waals surface area contributed by atoms with Crippen molar-refractivity contribution in [1.29, 1.82) is 0 Å². The highest BCUT2D eigenvalue weighted by molar-refractivity contribution is 6.06. The predicted octanol–water partition coefficient (Wildman–Crippen LogP) is 6.66. The molecule has 4 nitrogen and oxygen atoms in total.